The third kappa shape index (κ3) is 3.10. The van der Waals surface area contributed by atoms with Gasteiger partial charge in [0.15, 0.2) is 22.3 Å². The van der Waals surface area contributed by atoms with Crippen LogP contribution in [0.4, 0.5) is 0 Å². The van der Waals surface area contributed by atoms with Crippen molar-refractivity contribution >= 4 is 32.2 Å². The van der Waals surface area contributed by atoms with E-state index in [1.54, 1.807) is 11.6 Å². The van der Waals surface area contributed by atoms with Crippen molar-refractivity contribution in [1.82, 2.24) is 19.8 Å². The average Bonchev–Trinajstić information content (AvgIpc) is 3.21. The second-order valence-corrected chi connectivity index (χ2v) is 7.03. The van der Waals surface area contributed by atoms with Crippen LogP contribution in [0.1, 0.15) is 5.01 Å². The van der Waals surface area contributed by atoms with E-state index in [1.165, 1.54) is 11.3 Å². The van der Waals surface area contributed by atoms with Crippen molar-refractivity contribution in [3.05, 3.63) is 58.0 Å². The number of benzene rings is 2. The van der Waals surface area contributed by atoms with E-state index in [0.29, 0.717) is 23.9 Å². The van der Waals surface area contributed by atoms with Gasteiger partial charge in [0.1, 0.15) is 6.61 Å². The summed E-state index contributed by atoms with van der Waals surface area (Å²) in [4.78, 5) is 0.726. The van der Waals surface area contributed by atoms with Gasteiger partial charge >= 0.3 is 0 Å². The number of halogens is 1. The van der Waals surface area contributed by atoms with Crippen LogP contribution >= 0.6 is 27.3 Å². The molecule has 0 atom stereocenters. The molecular formula is C17H13BrN4O2S. The van der Waals surface area contributed by atoms with Crippen LogP contribution in [0.15, 0.2) is 53.0 Å². The number of para-hydroxylation sites is 2. The van der Waals surface area contributed by atoms with Crippen LogP contribution in [0.3, 0.4) is 0 Å². The van der Waals surface area contributed by atoms with Crippen molar-refractivity contribution in [1.29, 1.82) is 0 Å². The highest BCUT2D eigenvalue weighted by molar-refractivity contribution is 9.10. The normalized spacial score (nSPS) is 11.0. The molecule has 0 bridgehead atoms. The van der Waals surface area contributed by atoms with Gasteiger partial charge in [0.2, 0.25) is 4.96 Å². The van der Waals surface area contributed by atoms with Crippen molar-refractivity contribution in [2.45, 2.75) is 6.61 Å². The molecule has 6 nitrogen and oxygen atoms in total. The van der Waals surface area contributed by atoms with Gasteiger partial charge in [-0.1, -0.05) is 51.5 Å². The van der Waals surface area contributed by atoms with E-state index < -0.39 is 0 Å². The van der Waals surface area contributed by atoms with E-state index in [1.807, 2.05) is 48.5 Å². The molecule has 0 unspecified atom stereocenters. The highest BCUT2D eigenvalue weighted by atomic mass is 79.9. The Kier molecular flexibility index (Phi) is 4.37. The van der Waals surface area contributed by atoms with Crippen molar-refractivity contribution in [3.63, 3.8) is 0 Å². The second-order valence-electron chi connectivity index (χ2n) is 5.13. The summed E-state index contributed by atoms with van der Waals surface area (Å²) in [6, 6.07) is 15.4. The molecule has 126 valence electrons. The zero-order valence-corrected chi connectivity index (χ0v) is 15.6. The Morgan fingerprint density at radius 2 is 1.80 bits per heavy atom. The Morgan fingerprint density at radius 1 is 1.04 bits per heavy atom. The molecule has 0 spiro atoms. The maximum atomic E-state index is 5.83. The lowest BCUT2D eigenvalue weighted by atomic mass is 10.2. The molecule has 0 saturated heterocycles. The maximum Gasteiger partial charge on any atom is 0.235 e. The molecule has 0 aliphatic rings. The Balaban J connectivity index is 1.61. The third-order valence-electron chi connectivity index (χ3n) is 3.57. The van der Waals surface area contributed by atoms with Crippen molar-refractivity contribution in [3.8, 4) is 22.9 Å². The number of rotatable bonds is 5. The Bertz CT molecular complexity index is 1030. The predicted molar refractivity (Wildman–Crippen MR) is 99.1 cm³/mol. The highest BCUT2D eigenvalue weighted by Crippen LogP contribution is 2.29. The predicted octanol–water partition coefficient (Wildman–Crippen LogP) is 4.20. The van der Waals surface area contributed by atoms with E-state index >= 15 is 0 Å². The fourth-order valence-corrected chi connectivity index (χ4v) is 3.61. The van der Waals surface area contributed by atoms with E-state index in [4.69, 9.17) is 9.47 Å². The van der Waals surface area contributed by atoms with E-state index in [-0.39, 0.29) is 0 Å². The first kappa shape index (κ1) is 16.0. The second kappa shape index (κ2) is 6.81. The molecule has 25 heavy (non-hydrogen) atoms. The highest BCUT2D eigenvalue weighted by Gasteiger charge is 2.15. The molecule has 4 rings (SSSR count). The molecule has 2 aromatic heterocycles. The zero-order chi connectivity index (χ0) is 17.2. The van der Waals surface area contributed by atoms with Crippen LogP contribution < -0.4 is 9.47 Å². The number of hydrogen-bond donors (Lipinski definition) is 0. The van der Waals surface area contributed by atoms with Crippen molar-refractivity contribution in [2.24, 2.45) is 0 Å². The number of ether oxygens (including phenoxy) is 2. The summed E-state index contributed by atoms with van der Waals surface area (Å²) >= 11 is 4.99. The molecule has 2 heterocycles. The lowest BCUT2D eigenvalue weighted by molar-refractivity contribution is 0.283. The van der Waals surface area contributed by atoms with Crippen LogP contribution in [-0.4, -0.2) is 26.9 Å². The van der Waals surface area contributed by atoms with Crippen LogP contribution in [0.2, 0.25) is 0 Å². The lowest BCUT2D eigenvalue weighted by Gasteiger charge is -2.08. The van der Waals surface area contributed by atoms with Gasteiger partial charge in [-0.15, -0.1) is 10.2 Å². The van der Waals surface area contributed by atoms with E-state index in [0.717, 1.165) is 20.0 Å². The standard InChI is InChI=1S/C17H13BrN4O2S/c1-23-13-8-4-5-9-14(13)24-10-15-21-22-16(19-20-17(22)25-15)11-6-2-3-7-12(11)18/h2-9H,10H2,1H3. The monoisotopic (exact) mass is 416 g/mol. The summed E-state index contributed by atoms with van der Waals surface area (Å²) in [7, 11) is 1.62. The SMILES string of the molecule is COc1ccccc1OCc1nn2c(-c3ccccc3Br)nnc2s1. The fraction of sp³-hybridized carbons (Fsp3) is 0.118. The Hall–Kier alpha value is -2.45. The smallest absolute Gasteiger partial charge is 0.235 e. The minimum atomic E-state index is 0.337. The van der Waals surface area contributed by atoms with Crippen LogP contribution in [0.5, 0.6) is 11.5 Å². The summed E-state index contributed by atoms with van der Waals surface area (Å²) in [6.07, 6.45) is 0. The van der Waals surface area contributed by atoms with Crippen LogP contribution in [-0.2, 0) is 6.61 Å². The number of fused-ring (bicyclic) bond motifs is 1. The first-order valence-corrected chi connectivity index (χ1v) is 9.09. The Morgan fingerprint density at radius 3 is 2.60 bits per heavy atom. The molecule has 0 aliphatic carbocycles. The zero-order valence-electron chi connectivity index (χ0n) is 13.2. The molecule has 2 aromatic carbocycles. The first-order valence-electron chi connectivity index (χ1n) is 7.48. The molecule has 4 aromatic rings. The topological polar surface area (TPSA) is 61.5 Å². The van der Waals surface area contributed by atoms with Gasteiger partial charge < -0.3 is 9.47 Å². The van der Waals surface area contributed by atoms with Gasteiger partial charge in [0.25, 0.3) is 0 Å². The van der Waals surface area contributed by atoms with Crippen LogP contribution in [0, 0.1) is 0 Å². The molecule has 0 radical (unpaired) electrons. The number of aromatic nitrogens is 4. The first-order chi connectivity index (χ1) is 12.3. The van der Waals surface area contributed by atoms with Gasteiger partial charge in [0, 0.05) is 10.0 Å². The summed E-state index contributed by atoms with van der Waals surface area (Å²) in [5.41, 5.74) is 0.942. The van der Waals surface area contributed by atoms with Gasteiger partial charge in [-0.3, -0.25) is 0 Å². The molecule has 0 aliphatic heterocycles. The minimum absolute atomic E-state index is 0.337. The largest absolute Gasteiger partial charge is 0.493 e. The van der Waals surface area contributed by atoms with Gasteiger partial charge in [-0.25, -0.2) is 0 Å². The fourth-order valence-electron chi connectivity index (χ4n) is 2.40. The molecular weight excluding hydrogens is 404 g/mol. The minimum Gasteiger partial charge on any atom is -0.493 e. The summed E-state index contributed by atoms with van der Waals surface area (Å²) < 4.78 is 13.8. The molecule has 0 saturated carbocycles. The van der Waals surface area contributed by atoms with Gasteiger partial charge in [-0.2, -0.15) is 9.61 Å². The number of methoxy groups -OCH3 is 1. The van der Waals surface area contributed by atoms with Gasteiger partial charge in [-0.05, 0) is 24.3 Å². The molecule has 0 fully saturated rings. The molecule has 0 amide bonds. The Labute approximate surface area is 156 Å². The molecule has 0 N–H and O–H groups in total. The van der Waals surface area contributed by atoms with Gasteiger partial charge in [0.05, 0.1) is 7.11 Å². The number of hydrogen-bond acceptors (Lipinski definition) is 6. The van der Waals surface area contributed by atoms with E-state index in [9.17, 15) is 0 Å². The maximum absolute atomic E-state index is 5.83. The summed E-state index contributed by atoms with van der Waals surface area (Å²) in [5.74, 6) is 2.07. The third-order valence-corrected chi connectivity index (χ3v) is 5.13. The number of nitrogens with zero attached hydrogens (tertiary/aromatic N) is 4. The van der Waals surface area contributed by atoms with Crippen molar-refractivity contribution < 1.29 is 9.47 Å². The quantitative estimate of drug-likeness (QED) is 0.487. The average molecular weight is 417 g/mol. The van der Waals surface area contributed by atoms with Crippen molar-refractivity contribution in [2.75, 3.05) is 7.11 Å². The molecule has 8 heteroatoms. The van der Waals surface area contributed by atoms with Crippen LogP contribution in [0.25, 0.3) is 16.3 Å². The lowest BCUT2D eigenvalue weighted by Crippen LogP contribution is -1.99. The summed E-state index contributed by atoms with van der Waals surface area (Å²) in [5, 5.41) is 13.9. The van der Waals surface area contributed by atoms with E-state index in [2.05, 4.69) is 31.2 Å². The summed E-state index contributed by atoms with van der Waals surface area (Å²) in [6.45, 7) is 0.337.